The molecule has 82 valence electrons. The van der Waals surface area contributed by atoms with Crippen LogP contribution in [0.2, 0.25) is 0 Å². The van der Waals surface area contributed by atoms with Gasteiger partial charge in [0.2, 0.25) is 0 Å². The Kier molecular flexibility index (Phi) is 2.82. The molecule has 0 spiro atoms. The molecule has 0 aliphatic heterocycles. The fourth-order valence-electron chi connectivity index (χ4n) is 1.77. The molecule has 0 aromatic heterocycles. The van der Waals surface area contributed by atoms with Crippen LogP contribution in [0.25, 0.3) is 0 Å². The van der Waals surface area contributed by atoms with E-state index in [2.05, 4.69) is 0 Å². The van der Waals surface area contributed by atoms with Crippen molar-refractivity contribution in [1.82, 2.24) is 0 Å². The summed E-state index contributed by atoms with van der Waals surface area (Å²) >= 11 is 0. The summed E-state index contributed by atoms with van der Waals surface area (Å²) in [6.45, 7) is 0.500. The van der Waals surface area contributed by atoms with Gasteiger partial charge in [0.1, 0.15) is 11.5 Å². The number of hydrogen-bond acceptors (Lipinski definition) is 3. The summed E-state index contributed by atoms with van der Waals surface area (Å²) in [4.78, 5) is 0. The summed E-state index contributed by atoms with van der Waals surface area (Å²) in [6, 6.07) is 6.71. The highest BCUT2D eigenvalue weighted by atomic mass is 16.5. The summed E-state index contributed by atoms with van der Waals surface area (Å²) in [6.07, 6.45) is 3.55. The highest BCUT2D eigenvalue weighted by Gasteiger charge is 2.33. The van der Waals surface area contributed by atoms with Crippen molar-refractivity contribution < 1.29 is 14.9 Å². The van der Waals surface area contributed by atoms with E-state index >= 15 is 0 Å². The fourth-order valence-corrected chi connectivity index (χ4v) is 1.77. The third-order valence-electron chi connectivity index (χ3n) is 2.94. The third kappa shape index (κ3) is 2.63. The van der Waals surface area contributed by atoms with E-state index in [1.165, 1.54) is 0 Å². The molecule has 1 saturated carbocycles. The molecule has 3 heteroatoms. The predicted molar refractivity (Wildman–Crippen MR) is 57.0 cm³/mol. The minimum absolute atomic E-state index is 0.204. The van der Waals surface area contributed by atoms with Gasteiger partial charge in [-0.25, -0.2) is 0 Å². The molecule has 0 radical (unpaired) electrons. The smallest absolute Gasteiger partial charge is 0.122 e. The van der Waals surface area contributed by atoms with Crippen LogP contribution in [0.5, 0.6) is 11.5 Å². The Morgan fingerprint density at radius 2 is 2.13 bits per heavy atom. The van der Waals surface area contributed by atoms with Gasteiger partial charge in [0.05, 0.1) is 12.2 Å². The van der Waals surface area contributed by atoms with Crippen LogP contribution in [0.15, 0.2) is 24.3 Å². The van der Waals surface area contributed by atoms with Gasteiger partial charge in [-0.3, -0.25) is 0 Å². The lowest BCUT2D eigenvalue weighted by atomic mass is 9.78. The molecular formula is C12H16O3. The van der Waals surface area contributed by atoms with Crippen molar-refractivity contribution in [2.45, 2.75) is 31.3 Å². The number of phenols is 1. The van der Waals surface area contributed by atoms with E-state index in [9.17, 15) is 10.2 Å². The van der Waals surface area contributed by atoms with Gasteiger partial charge in [-0.1, -0.05) is 6.07 Å². The van der Waals surface area contributed by atoms with Crippen molar-refractivity contribution in [2.24, 2.45) is 0 Å². The highest BCUT2D eigenvalue weighted by Crippen LogP contribution is 2.34. The molecule has 3 nitrogen and oxygen atoms in total. The average molecular weight is 208 g/mol. The van der Waals surface area contributed by atoms with E-state index in [0.717, 1.165) is 19.3 Å². The summed E-state index contributed by atoms with van der Waals surface area (Å²) in [5.41, 5.74) is -0.489. The van der Waals surface area contributed by atoms with Gasteiger partial charge < -0.3 is 14.9 Å². The number of benzene rings is 1. The maximum atomic E-state index is 9.81. The molecule has 1 aliphatic carbocycles. The third-order valence-corrected chi connectivity index (χ3v) is 2.94. The first kappa shape index (κ1) is 10.3. The molecule has 1 fully saturated rings. The van der Waals surface area contributed by atoms with Gasteiger partial charge in [-0.15, -0.1) is 0 Å². The maximum Gasteiger partial charge on any atom is 0.122 e. The second kappa shape index (κ2) is 4.11. The number of hydrogen-bond donors (Lipinski definition) is 2. The van der Waals surface area contributed by atoms with Gasteiger partial charge in [0, 0.05) is 12.5 Å². The first-order valence-electron chi connectivity index (χ1n) is 5.32. The van der Waals surface area contributed by atoms with E-state index in [1.54, 1.807) is 24.3 Å². The molecule has 0 saturated heterocycles. The molecule has 0 atom stereocenters. The highest BCUT2D eigenvalue weighted by molar-refractivity contribution is 5.31. The van der Waals surface area contributed by atoms with Gasteiger partial charge >= 0.3 is 0 Å². The van der Waals surface area contributed by atoms with Crippen molar-refractivity contribution in [3.63, 3.8) is 0 Å². The predicted octanol–water partition coefficient (Wildman–Crippen LogP) is 2.08. The first-order chi connectivity index (χ1) is 7.18. The molecule has 0 amide bonds. The molecule has 15 heavy (non-hydrogen) atoms. The van der Waals surface area contributed by atoms with Crippen molar-refractivity contribution >= 4 is 0 Å². The zero-order valence-electron chi connectivity index (χ0n) is 8.65. The molecule has 1 aromatic rings. The Labute approximate surface area is 89.3 Å². The molecule has 0 heterocycles. The molecular weight excluding hydrogens is 192 g/mol. The molecule has 2 N–H and O–H groups in total. The van der Waals surface area contributed by atoms with Crippen LogP contribution in [0.4, 0.5) is 0 Å². The van der Waals surface area contributed by atoms with Crippen LogP contribution < -0.4 is 4.74 Å². The van der Waals surface area contributed by atoms with Crippen LogP contribution in [0, 0.1) is 0 Å². The van der Waals surface area contributed by atoms with Crippen LogP contribution in [-0.4, -0.2) is 22.4 Å². The SMILES string of the molecule is Oc1cccc(OCCC2(O)CCC2)c1. The van der Waals surface area contributed by atoms with Crippen LogP contribution in [0.3, 0.4) is 0 Å². The zero-order chi connectivity index (χ0) is 10.7. The number of aromatic hydroxyl groups is 1. The molecule has 0 bridgehead atoms. The van der Waals surface area contributed by atoms with E-state index in [4.69, 9.17) is 4.74 Å². The van der Waals surface area contributed by atoms with Crippen molar-refractivity contribution in [2.75, 3.05) is 6.61 Å². The topological polar surface area (TPSA) is 49.7 Å². The summed E-state index contributed by atoms with van der Waals surface area (Å²) in [7, 11) is 0. The number of phenolic OH excluding ortho intramolecular Hbond substituents is 1. The lowest BCUT2D eigenvalue weighted by molar-refractivity contribution is -0.0482. The minimum Gasteiger partial charge on any atom is -0.508 e. The lowest BCUT2D eigenvalue weighted by Gasteiger charge is -2.36. The number of rotatable bonds is 4. The van der Waals surface area contributed by atoms with Crippen molar-refractivity contribution in [1.29, 1.82) is 0 Å². The van der Waals surface area contributed by atoms with E-state index < -0.39 is 5.60 Å². The average Bonchev–Trinajstić information content (AvgIpc) is 2.15. The normalized spacial score (nSPS) is 18.2. The summed E-state index contributed by atoms with van der Waals surface area (Å²) in [5.74, 6) is 0.854. The molecule has 0 unspecified atom stereocenters. The minimum atomic E-state index is -0.489. The van der Waals surface area contributed by atoms with Gasteiger partial charge in [-0.2, -0.15) is 0 Å². The van der Waals surface area contributed by atoms with Gasteiger partial charge in [0.25, 0.3) is 0 Å². The van der Waals surface area contributed by atoms with E-state index in [1.807, 2.05) is 0 Å². The monoisotopic (exact) mass is 208 g/mol. The Morgan fingerprint density at radius 1 is 1.33 bits per heavy atom. The fraction of sp³-hybridized carbons (Fsp3) is 0.500. The number of aliphatic hydroxyl groups is 1. The first-order valence-corrected chi connectivity index (χ1v) is 5.32. The Hall–Kier alpha value is -1.22. The van der Waals surface area contributed by atoms with Crippen molar-refractivity contribution in [3.05, 3.63) is 24.3 Å². The van der Waals surface area contributed by atoms with Crippen molar-refractivity contribution in [3.8, 4) is 11.5 Å². The van der Waals surface area contributed by atoms with Crippen LogP contribution >= 0.6 is 0 Å². The summed E-state index contributed by atoms with van der Waals surface area (Å²) < 4.78 is 5.44. The Balaban J connectivity index is 1.78. The van der Waals surface area contributed by atoms with Crippen LogP contribution in [-0.2, 0) is 0 Å². The van der Waals surface area contributed by atoms with E-state index in [-0.39, 0.29) is 5.75 Å². The zero-order valence-corrected chi connectivity index (χ0v) is 8.65. The summed E-state index contributed by atoms with van der Waals surface area (Å²) in [5, 5.41) is 19.0. The quantitative estimate of drug-likeness (QED) is 0.796. The van der Waals surface area contributed by atoms with Gasteiger partial charge in [0.15, 0.2) is 0 Å². The molecule has 1 aromatic carbocycles. The van der Waals surface area contributed by atoms with E-state index in [0.29, 0.717) is 18.8 Å². The standard InChI is InChI=1S/C12H16O3/c13-10-3-1-4-11(9-10)15-8-7-12(14)5-2-6-12/h1,3-4,9,13-14H,2,5-8H2. The lowest BCUT2D eigenvalue weighted by Crippen LogP contribution is -2.38. The molecule has 1 aliphatic rings. The maximum absolute atomic E-state index is 9.81. The second-order valence-electron chi connectivity index (χ2n) is 4.17. The molecule has 2 rings (SSSR count). The Morgan fingerprint density at radius 3 is 2.73 bits per heavy atom. The Bertz CT molecular complexity index is 331. The second-order valence-corrected chi connectivity index (χ2v) is 4.17. The van der Waals surface area contributed by atoms with Crippen LogP contribution in [0.1, 0.15) is 25.7 Å². The largest absolute Gasteiger partial charge is 0.508 e. The van der Waals surface area contributed by atoms with Gasteiger partial charge in [-0.05, 0) is 31.4 Å². The number of ether oxygens (including phenoxy) is 1.